The first-order valence-electron chi connectivity index (χ1n) is 9.69. The fourth-order valence-electron chi connectivity index (χ4n) is 4.50. The van der Waals surface area contributed by atoms with E-state index in [1.165, 1.54) is 17.7 Å². The number of aromatic nitrogens is 1. The van der Waals surface area contributed by atoms with Crippen LogP contribution in [0.2, 0.25) is 0 Å². The Morgan fingerprint density at radius 3 is 2.77 bits per heavy atom. The number of pyridine rings is 1. The molecule has 3 heterocycles. The molecular weight excluding hydrogens is 350 g/mol. The minimum Gasteiger partial charge on any atom is -0.352 e. The molecule has 1 aromatic heterocycles. The van der Waals surface area contributed by atoms with E-state index in [1.54, 1.807) is 0 Å². The molecule has 0 unspecified atom stereocenters. The van der Waals surface area contributed by atoms with Gasteiger partial charge in [-0.2, -0.15) is 0 Å². The van der Waals surface area contributed by atoms with Crippen molar-refractivity contribution in [1.82, 2.24) is 15.2 Å². The first-order chi connectivity index (χ1) is 12.5. The van der Waals surface area contributed by atoms with E-state index in [0.29, 0.717) is 12.3 Å². The molecule has 1 amide bonds. The molecule has 2 aliphatic heterocycles. The molecule has 26 heavy (non-hydrogen) atoms. The van der Waals surface area contributed by atoms with Crippen LogP contribution in [0, 0.1) is 5.92 Å². The van der Waals surface area contributed by atoms with Crippen LogP contribution < -0.4 is 5.32 Å². The predicted molar refractivity (Wildman–Crippen MR) is 99.5 cm³/mol. The van der Waals surface area contributed by atoms with Gasteiger partial charge in [0.05, 0.1) is 11.5 Å². The van der Waals surface area contributed by atoms with E-state index in [-0.39, 0.29) is 23.6 Å². The third-order valence-corrected chi connectivity index (χ3v) is 7.82. The SMILES string of the molecule is O=C(NCc1cnc2c(c1)CCC2)C1CCN([C@@H]2CCS(=O)(=O)C2)CC1. The smallest absolute Gasteiger partial charge is 0.223 e. The molecule has 2 fully saturated rings. The van der Waals surface area contributed by atoms with Gasteiger partial charge in [0.1, 0.15) is 0 Å². The molecule has 3 aliphatic rings. The van der Waals surface area contributed by atoms with E-state index >= 15 is 0 Å². The number of hydrogen-bond donors (Lipinski definition) is 1. The number of sulfone groups is 1. The van der Waals surface area contributed by atoms with Gasteiger partial charge < -0.3 is 5.32 Å². The van der Waals surface area contributed by atoms with Gasteiger partial charge in [-0.05, 0) is 62.7 Å². The maximum absolute atomic E-state index is 12.5. The van der Waals surface area contributed by atoms with Gasteiger partial charge >= 0.3 is 0 Å². The minimum absolute atomic E-state index is 0.0339. The molecule has 142 valence electrons. The van der Waals surface area contributed by atoms with Crippen LogP contribution in [0.5, 0.6) is 0 Å². The van der Waals surface area contributed by atoms with Gasteiger partial charge in [0.25, 0.3) is 0 Å². The normalized spacial score (nSPS) is 25.9. The first-order valence-corrected chi connectivity index (χ1v) is 11.5. The summed E-state index contributed by atoms with van der Waals surface area (Å²) < 4.78 is 23.3. The molecule has 1 aliphatic carbocycles. The van der Waals surface area contributed by atoms with Crippen molar-refractivity contribution in [2.75, 3.05) is 24.6 Å². The molecular formula is C19H27N3O3S. The number of carbonyl (C=O) groups excluding carboxylic acids is 1. The van der Waals surface area contributed by atoms with Crippen molar-refractivity contribution in [1.29, 1.82) is 0 Å². The summed E-state index contributed by atoms with van der Waals surface area (Å²) >= 11 is 0. The average Bonchev–Trinajstić information content (AvgIpc) is 3.25. The van der Waals surface area contributed by atoms with E-state index in [2.05, 4.69) is 21.3 Å². The Hall–Kier alpha value is -1.47. The van der Waals surface area contributed by atoms with Crippen molar-refractivity contribution in [3.05, 3.63) is 29.1 Å². The van der Waals surface area contributed by atoms with Crippen LogP contribution >= 0.6 is 0 Å². The predicted octanol–water partition coefficient (Wildman–Crippen LogP) is 1.09. The van der Waals surface area contributed by atoms with Crippen LogP contribution in [0.25, 0.3) is 0 Å². The Bertz CT molecular complexity index is 785. The summed E-state index contributed by atoms with van der Waals surface area (Å²) in [6, 6.07) is 2.33. The summed E-state index contributed by atoms with van der Waals surface area (Å²) in [6.07, 6.45) is 7.59. The Balaban J connectivity index is 1.25. The zero-order valence-corrected chi connectivity index (χ0v) is 15.9. The number of likely N-dealkylation sites (tertiary alicyclic amines) is 1. The van der Waals surface area contributed by atoms with Gasteiger partial charge in [-0.1, -0.05) is 6.07 Å². The number of aryl methyl sites for hydroxylation is 2. The van der Waals surface area contributed by atoms with Crippen LogP contribution in [0.15, 0.2) is 12.3 Å². The average molecular weight is 378 g/mol. The number of piperidine rings is 1. The molecule has 0 radical (unpaired) electrons. The van der Waals surface area contributed by atoms with Gasteiger partial charge in [0, 0.05) is 30.4 Å². The van der Waals surface area contributed by atoms with Crippen LogP contribution in [0.4, 0.5) is 0 Å². The molecule has 7 heteroatoms. The van der Waals surface area contributed by atoms with Gasteiger partial charge in [0.15, 0.2) is 9.84 Å². The number of rotatable bonds is 4. The van der Waals surface area contributed by atoms with Gasteiger partial charge in [-0.3, -0.25) is 14.7 Å². The monoisotopic (exact) mass is 377 g/mol. The molecule has 0 spiro atoms. The van der Waals surface area contributed by atoms with E-state index in [0.717, 1.165) is 50.8 Å². The van der Waals surface area contributed by atoms with Crippen LogP contribution in [0.3, 0.4) is 0 Å². The summed E-state index contributed by atoms with van der Waals surface area (Å²) in [5.74, 6) is 0.748. The Kier molecular flexibility index (Phi) is 5.01. The molecule has 1 N–H and O–H groups in total. The summed E-state index contributed by atoms with van der Waals surface area (Å²) in [4.78, 5) is 19.3. The van der Waals surface area contributed by atoms with Crippen LogP contribution in [0.1, 0.15) is 42.5 Å². The Labute approximate surface area is 155 Å². The fourth-order valence-corrected chi connectivity index (χ4v) is 6.26. The Morgan fingerprint density at radius 2 is 2.04 bits per heavy atom. The fraction of sp³-hybridized carbons (Fsp3) is 0.684. The highest BCUT2D eigenvalue weighted by Gasteiger charge is 2.35. The van der Waals surface area contributed by atoms with E-state index in [4.69, 9.17) is 0 Å². The van der Waals surface area contributed by atoms with Gasteiger partial charge in [0.2, 0.25) is 5.91 Å². The lowest BCUT2D eigenvalue weighted by atomic mass is 9.94. The molecule has 1 atom stereocenters. The molecule has 2 saturated heterocycles. The highest BCUT2D eigenvalue weighted by molar-refractivity contribution is 7.91. The lowest BCUT2D eigenvalue weighted by molar-refractivity contribution is -0.126. The lowest BCUT2D eigenvalue weighted by Crippen LogP contribution is -2.45. The molecule has 0 saturated carbocycles. The highest BCUT2D eigenvalue weighted by atomic mass is 32.2. The Morgan fingerprint density at radius 1 is 1.23 bits per heavy atom. The molecule has 6 nitrogen and oxygen atoms in total. The topological polar surface area (TPSA) is 79.4 Å². The third-order valence-electron chi connectivity index (χ3n) is 6.07. The summed E-state index contributed by atoms with van der Waals surface area (Å²) in [5, 5.41) is 3.06. The molecule has 1 aromatic rings. The van der Waals surface area contributed by atoms with E-state index < -0.39 is 9.84 Å². The summed E-state index contributed by atoms with van der Waals surface area (Å²) in [7, 11) is -2.85. The number of fused-ring (bicyclic) bond motifs is 1. The minimum atomic E-state index is -2.85. The zero-order valence-electron chi connectivity index (χ0n) is 15.1. The quantitative estimate of drug-likeness (QED) is 0.850. The number of nitrogens with zero attached hydrogens (tertiary/aromatic N) is 2. The third kappa shape index (κ3) is 3.93. The second-order valence-electron chi connectivity index (χ2n) is 7.89. The molecule has 4 rings (SSSR count). The van der Waals surface area contributed by atoms with Crippen molar-refractivity contribution in [2.24, 2.45) is 5.92 Å². The standard InChI is InChI=1S/C19H27N3O3S/c23-19(21-12-14-10-16-2-1-3-18(16)20-11-14)15-4-7-22(8-5-15)17-6-9-26(24,25)13-17/h10-11,15,17H,1-9,12-13H2,(H,21,23)/t17-/m1/s1. The number of carbonyl (C=O) groups is 1. The van der Waals surface area contributed by atoms with Gasteiger partial charge in [-0.25, -0.2) is 8.42 Å². The van der Waals surface area contributed by atoms with Gasteiger partial charge in [-0.15, -0.1) is 0 Å². The second kappa shape index (κ2) is 7.27. The largest absolute Gasteiger partial charge is 0.352 e. The van der Waals surface area contributed by atoms with Crippen LogP contribution in [-0.4, -0.2) is 54.8 Å². The maximum Gasteiger partial charge on any atom is 0.223 e. The van der Waals surface area contributed by atoms with Crippen molar-refractivity contribution in [3.63, 3.8) is 0 Å². The lowest BCUT2D eigenvalue weighted by Gasteiger charge is -2.34. The van der Waals surface area contributed by atoms with E-state index in [1.807, 2.05) is 6.20 Å². The molecule has 0 aromatic carbocycles. The number of nitrogens with one attached hydrogen (secondary N) is 1. The number of hydrogen-bond acceptors (Lipinski definition) is 5. The number of amides is 1. The highest BCUT2D eigenvalue weighted by Crippen LogP contribution is 2.25. The maximum atomic E-state index is 12.5. The summed E-state index contributed by atoms with van der Waals surface area (Å²) in [5.41, 5.74) is 3.62. The van der Waals surface area contributed by atoms with Crippen molar-refractivity contribution in [3.8, 4) is 0 Å². The second-order valence-corrected chi connectivity index (χ2v) is 10.1. The summed E-state index contributed by atoms with van der Waals surface area (Å²) in [6.45, 7) is 2.18. The first kappa shape index (κ1) is 17.9. The van der Waals surface area contributed by atoms with E-state index in [9.17, 15) is 13.2 Å². The van der Waals surface area contributed by atoms with Crippen LogP contribution in [-0.2, 0) is 34.0 Å². The van der Waals surface area contributed by atoms with Crippen molar-refractivity contribution >= 4 is 15.7 Å². The molecule has 0 bridgehead atoms. The van der Waals surface area contributed by atoms with Crippen molar-refractivity contribution < 1.29 is 13.2 Å². The van der Waals surface area contributed by atoms with Crippen molar-refractivity contribution in [2.45, 2.75) is 51.1 Å². The zero-order chi connectivity index (χ0) is 18.1.